The molecule has 1 aromatic carbocycles. The van der Waals surface area contributed by atoms with Crippen LogP contribution in [0.1, 0.15) is 12.0 Å². The summed E-state index contributed by atoms with van der Waals surface area (Å²) in [6.45, 7) is 2.68. The predicted molar refractivity (Wildman–Crippen MR) is 71.1 cm³/mol. The lowest BCUT2D eigenvalue weighted by atomic mass is 9.95. The van der Waals surface area contributed by atoms with Crippen molar-refractivity contribution >= 4 is 0 Å². The van der Waals surface area contributed by atoms with Gasteiger partial charge in [-0.25, -0.2) is 0 Å². The van der Waals surface area contributed by atoms with Gasteiger partial charge in [-0.1, -0.05) is 30.3 Å². The van der Waals surface area contributed by atoms with Crippen LogP contribution in [-0.4, -0.2) is 53.1 Å². The maximum Gasteiger partial charge on any atom is 0.0614 e. The largest absolute Gasteiger partial charge is 0.400 e. The standard InChI is InChI=1S/C13H19NO2.CH4O/c15-10-12-9-14(7-6-13(12)16)8-11-4-2-1-3-5-11;1-2/h1-5,12-13,15-16H,6-10H2;2H,1H3. The van der Waals surface area contributed by atoms with E-state index in [-0.39, 0.29) is 18.6 Å². The third-order valence-corrected chi connectivity index (χ3v) is 3.26. The zero-order chi connectivity index (χ0) is 13.4. The fourth-order valence-electron chi connectivity index (χ4n) is 2.26. The Kier molecular flexibility index (Phi) is 6.90. The van der Waals surface area contributed by atoms with Crippen molar-refractivity contribution in [1.29, 1.82) is 0 Å². The number of hydrogen-bond acceptors (Lipinski definition) is 4. The van der Waals surface area contributed by atoms with Crippen LogP contribution >= 0.6 is 0 Å². The second kappa shape index (κ2) is 8.21. The van der Waals surface area contributed by atoms with E-state index >= 15 is 0 Å². The van der Waals surface area contributed by atoms with Crippen molar-refractivity contribution in [2.24, 2.45) is 5.92 Å². The fraction of sp³-hybridized carbons (Fsp3) is 0.571. The van der Waals surface area contributed by atoms with E-state index in [1.54, 1.807) is 0 Å². The monoisotopic (exact) mass is 253 g/mol. The summed E-state index contributed by atoms with van der Waals surface area (Å²) in [5.41, 5.74) is 1.29. The Hall–Kier alpha value is -0.940. The minimum absolute atomic E-state index is 0.0115. The van der Waals surface area contributed by atoms with E-state index in [0.29, 0.717) is 0 Å². The Balaban J connectivity index is 0.000000771. The van der Waals surface area contributed by atoms with Crippen molar-refractivity contribution in [3.05, 3.63) is 35.9 Å². The zero-order valence-corrected chi connectivity index (χ0v) is 10.9. The molecule has 2 unspecified atom stereocenters. The molecule has 0 spiro atoms. The summed E-state index contributed by atoms with van der Waals surface area (Å²) in [4.78, 5) is 2.29. The molecule has 4 heteroatoms. The molecule has 3 N–H and O–H groups in total. The summed E-state index contributed by atoms with van der Waals surface area (Å²) in [5, 5.41) is 25.8. The quantitative estimate of drug-likeness (QED) is 0.733. The summed E-state index contributed by atoms with van der Waals surface area (Å²) in [6.07, 6.45) is 0.426. The number of hydrogen-bond donors (Lipinski definition) is 3. The maximum atomic E-state index is 9.67. The Labute approximate surface area is 108 Å². The topological polar surface area (TPSA) is 63.9 Å². The fourth-order valence-corrected chi connectivity index (χ4v) is 2.26. The van der Waals surface area contributed by atoms with Crippen LogP contribution in [0.3, 0.4) is 0 Å². The maximum absolute atomic E-state index is 9.67. The highest BCUT2D eigenvalue weighted by atomic mass is 16.3. The molecule has 0 aromatic heterocycles. The highest BCUT2D eigenvalue weighted by molar-refractivity contribution is 5.14. The number of rotatable bonds is 3. The Morgan fingerprint density at radius 3 is 2.50 bits per heavy atom. The highest BCUT2D eigenvalue weighted by Gasteiger charge is 2.26. The van der Waals surface area contributed by atoms with Gasteiger partial charge in [0.1, 0.15) is 0 Å². The molecule has 1 aliphatic heterocycles. The number of piperidine rings is 1. The van der Waals surface area contributed by atoms with Gasteiger partial charge in [-0.2, -0.15) is 0 Å². The Bertz CT molecular complexity index is 318. The van der Waals surface area contributed by atoms with Gasteiger partial charge in [-0.05, 0) is 12.0 Å². The van der Waals surface area contributed by atoms with Gasteiger partial charge in [0.25, 0.3) is 0 Å². The molecule has 1 heterocycles. The van der Waals surface area contributed by atoms with Gasteiger partial charge in [0.2, 0.25) is 0 Å². The van der Waals surface area contributed by atoms with Crippen molar-refractivity contribution in [2.45, 2.75) is 19.1 Å². The summed E-state index contributed by atoms with van der Waals surface area (Å²) in [5.74, 6) is 0.0115. The molecule has 102 valence electrons. The van der Waals surface area contributed by atoms with E-state index in [1.807, 2.05) is 18.2 Å². The van der Waals surface area contributed by atoms with Crippen LogP contribution in [-0.2, 0) is 6.54 Å². The lowest BCUT2D eigenvalue weighted by molar-refractivity contribution is -0.00200. The average Bonchev–Trinajstić information content (AvgIpc) is 2.44. The molecule has 0 amide bonds. The van der Waals surface area contributed by atoms with Gasteiger partial charge in [0.05, 0.1) is 6.10 Å². The number of nitrogens with zero attached hydrogens (tertiary/aromatic N) is 1. The molecule has 0 saturated carbocycles. The van der Waals surface area contributed by atoms with Gasteiger partial charge in [0.15, 0.2) is 0 Å². The Morgan fingerprint density at radius 1 is 1.22 bits per heavy atom. The average molecular weight is 253 g/mol. The van der Waals surface area contributed by atoms with Crippen LogP contribution in [0.4, 0.5) is 0 Å². The third-order valence-electron chi connectivity index (χ3n) is 3.26. The van der Waals surface area contributed by atoms with Crippen molar-refractivity contribution in [2.75, 3.05) is 26.8 Å². The normalized spacial score (nSPS) is 24.2. The van der Waals surface area contributed by atoms with Gasteiger partial charge in [-0.15, -0.1) is 0 Å². The lowest BCUT2D eigenvalue weighted by Crippen LogP contribution is -2.44. The van der Waals surface area contributed by atoms with Crippen LogP contribution in [0, 0.1) is 5.92 Å². The van der Waals surface area contributed by atoms with E-state index in [4.69, 9.17) is 10.2 Å². The summed E-state index contributed by atoms with van der Waals surface area (Å²) < 4.78 is 0. The number of aliphatic hydroxyl groups is 3. The molecule has 0 bridgehead atoms. The minimum atomic E-state index is -0.336. The first kappa shape index (κ1) is 15.1. The van der Waals surface area contributed by atoms with Crippen LogP contribution in [0.5, 0.6) is 0 Å². The van der Waals surface area contributed by atoms with Crippen LogP contribution < -0.4 is 0 Å². The number of benzene rings is 1. The van der Waals surface area contributed by atoms with Gasteiger partial charge >= 0.3 is 0 Å². The Morgan fingerprint density at radius 2 is 1.89 bits per heavy atom. The second-order valence-electron chi connectivity index (χ2n) is 4.52. The zero-order valence-electron chi connectivity index (χ0n) is 10.9. The first-order valence-electron chi connectivity index (χ1n) is 6.29. The summed E-state index contributed by atoms with van der Waals surface area (Å²) >= 11 is 0. The predicted octanol–water partition coefficient (Wildman–Crippen LogP) is 0.470. The summed E-state index contributed by atoms with van der Waals surface area (Å²) in [6, 6.07) is 10.3. The first-order valence-corrected chi connectivity index (χ1v) is 6.29. The van der Waals surface area contributed by atoms with E-state index < -0.39 is 0 Å². The summed E-state index contributed by atoms with van der Waals surface area (Å²) in [7, 11) is 1.00. The molecule has 4 nitrogen and oxygen atoms in total. The molecule has 18 heavy (non-hydrogen) atoms. The van der Waals surface area contributed by atoms with E-state index in [2.05, 4.69) is 17.0 Å². The molecular weight excluding hydrogens is 230 g/mol. The molecule has 1 aliphatic rings. The number of likely N-dealkylation sites (tertiary alicyclic amines) is 1. The van der Waals surface area contributed by atoms with Crippen LogP contribution in [0.25, 0.3) is 0 Å². The van der Waals surface area contributed by atoms with Gasteiger partial charge in [0, 0.05) is 39.3 Å². The first-order chi connectivity index (χ1) is 8.79. The smallest absolute Gasteiger partial charge is 0.0614 e. The van der Waals surface area contributed by atoms with Crippen LogP contribution in [0.15, 0.2) is 30.3 Å². The second-order valence-corrected chi connectivity index (χ2v) is 4.52. The lowest BCUT2D eigenvalue weighted by Gasteiger charge is -2.35. The molecule has 1 fully saturated rings. The van der Waals surface area contributed by atoms with E-state index in [1.165, 1.54) is 5.56 Å². The molecule has 1 saturated heterocycles. The molecule has 2 rings (SSSR count). The van der Waals surface area contributed by atoms with Crippen molar-refractivity contribution in [1.82, 2.24) is 4.90 Å². The van der Waals surface area contributed by atoms with Gasteiger partial charge in [-0.3, -0.25) is 4.90 Å². The highest BCUT2D eigenvalue weighted by Crippen LogP contribution is 2.18. The third kappa shape index (κ3) is 4.38. The SMILES string of the molecule is CO.OCC1CN(Cc2ccccc2)CCC1O. The molecule has 0 radical (unpaired) electrons. The van der Waals surface area contributed by atoms with E-state index in [9.17, 15) is 5.11 Å². The molecule has 0 aliphatic carbocycles. The molecular formula is C14H23NO3. The van der Waals surface area contributed by atoms with Crippen molar-refractivity contribution in [3.8, 4) is 0 Å². The van der Waals surface area contributed by atoms with Crippen LogP contribution in [0.2, 0.25) is 0 Å². The minimum Gasteiger partial charge on any atom is -0.400 e. The van der Waals surface area contributed by atoms with Crippen molar-refractivity contribution in [3.63, 3.8) is 0 Å². The molecule has 2 atom stereocenters. The van der Waals surface area contributed by atoms with Gasteiger partial charge < -0.3 is 15.3 Å². The van der Waals surface area contributed by atoms with E-state index in [0.717, 1.165) is 33.2 Å². The number of aliphatic hydroxyl groups excluding tert-OH is 3. The molecule has 1 aromatic rings. The van der Waals surface area contributed by atoms with Crippen molar-refractivity contribution < 1.29 is 15.3 Å².